The average molecular weight is 259 g/mol. The Balaban J connectivity index is 2.65. The minimum Gasteiger partial charge on any atom is -0.383 e. The lowest BCUT2D eigenvalue weighted by atomic mass is 10.3. The molecule has 0 unspecified atom stereocenters. The highest BCUT2D eigenvalue weighted by molar-refractivity contribution is 6.17. The molecule has 17 heavy (non-hydrogen) atoms. The summed E-state index contributed by atoms with van der Waals surface area (Å²) in [7, 11) is 3.39. The van der Waals surface area contributed by atoms with E-state index in [4.69, 9.17) is 21.1 Å². The van der Waals surface area contributed by atoms with E-state index in [2.05, 4.69) is 9.88 Å². The van der Waals surface area contributed by atoms with Crippen LogP contribution in [-0.2, 0) is 15.4 Å². The number of pyridine rings is 1. The first kappa shape index (κ1) is 14.2. The SMILES string of the molecule is COCCN(CCOC)c1ccc(CCl)cn1. The van der Waals surface area contributed by atoms with Gasteiger partial charge in [0.2, 0.25) is 0 Å². The first-order chi connectivity index (χ1) is 8.31. The number of anilines is 1. The van der Waals surface area contributed by atoms with Crippen LogP contribution in [0.15, 0.2) is 18.3 Å². The van der Waals surface area contributed by atoms with Crippen LogP contribution in [0, 0.1) is 0 Å². The molecule has 0 aliphatic rings. The lowest BCUT2D eigenvalue weighted by molar-refractivity contribution is 0.190. The van der Waals surface area contributed by atoms with Crippen LogP contribution in [0.4, 0.5) is 5.82 Å². The summed E-state index contributed by atoms with van der Waals surface area (Å²) in [5.74, 6) is 1.41. The van der Waals surface area contributed by atoms with Crippen molar-refractivity contribution in [2.45, 2.75) is 5.88 Å². The van der Waals surface area contributed by atoms with Crippen molar-refractivity contribution in [3.05, 3.63) is 23.9 Å². The van der Waals surface area contributed by atoms with Gasteiger partial charge in [0.25, 0.3) is 0 Å². The molecule has 0 N–H and O–H groups in total. The van der Waals surface area contributed by atoms with Crippen molar-refractivity contribution in [3.63, 3.8) is 0 Å². The highest BCUT2D eigenvalue weighted by Crippen LogP contribution is 2.12. The Bertz CT molecular complexity index is 298. The molecule has 1 heterocycles. The maximum atomic E-state index is 5.73. The molecule has 4 nitrogen and oxygen atoms in total. The standard InChI is InChI=1S/C12H19ClN2O2/c1-16-7-5-15(6-8-17-2)12-4-3-11(9-13)10-14-12/h3-4,10H,5-9H2,1-2H3. The van der Waals surface area contributed by atoms with Crippen molar-refractivity contribution in [1.82, 2.24) is 4.98 Å². The maximum Gasteiger partial charge on any atom is 0.128 e. The summed E-state index contributed by atoms with van der Waals surface area (Å²) in [6, 6.07) is 3.96. The first-order valence-corrected chi connectivity index (χ1v) is 6.09. The molecule has 0 fully saturated rings. The third-order valence-corrected chi connectivity index (χ3v) is 2.73. The number of hydrogen-bond acceptors (Lipinski definition) is 4. The average Bonchev–Trinajstić information content (AvgIpc) is 2.39. The summed E-state index contributed by atoms with van der Waals surface area (Å²) in [6.45, 7) is 2.94. The molecule has 1 rings (SSSR count). The Morgan fingerprint density at radius 1 is 1.18 bits per heavy atom. The van der Waals surface area contributed by atoms with Crippen LogP contribution in [0.25, 0.3) is 0 Å². The molecule has 0 bridgehead atoms. The van der Waals surface area contributed by atoms with E-state index in [1.165, 1.54) is 0 Å². The summed E-state index contributed by atoms with van der Waals surface area (Å²) in [6.07, 6.45) is 1.80. The second-order valence-corrected chi connectivity index (χ2v) is 3.90. The van der Waals surface area contributed by atoms with Gasteiger partial charge in [-0.25, -0.2) is 4.98 Å². The molecule has 5 heteroatoms. The molecule has 1 aromatic heterocycles. The Morgan fingerprint density at radius 3 is 2.24 bits per heavy atom. The second kappa shape index (κ2) is 8.28. The van der Waals surface area contributed by atoms with Gasteiger partial charge in [0, 0.05) is 39.4 Å². The van der Waals surface area contributed by atoms with E-state index < -0.39 is 0 Å². The number of ether oxygens (including phenoxy) is 2. The van der Waals surface area contributed by atoms with Crippen LogP contribution in [0.1, 0.15) is 5.56 Å². The second-order valence-electron chi connectivity index (χ2n) is 3.63. The monoisotopic (exact) mass is 258 g/mol. The van der Waals surface area contributed by atoms with E-state index in [1.54, 1.807) is 20.4 Å². The Kier molecular flexibility index (Phi) is 6.93. The zero-order valence-corrected chi connectivity index (χ0v) is 11.1. The van der Waals surface area contributed by atoms with Crippen molar-refractivity contribution in [2.75, 3.05) is 45.4 Å². The van der Waals surface area contributed by atoms with Crippen LogP contribution in [0.2, 0.25) is 0 Å². The lowest BCUT2D eigenvalue weighted by Crippen LogP contribution is -2.31. The smallest absolute Gasteiger partial charge is 0.128 e. The third kappa shape index (κ3) is 4.89. The summed E-state index contributed by atoms with van der Waals surface area (Å²) >= 11 is 5.73. The van der Waals surface area contributed by atoms with E-state index in [0.717, 1.165) is 24.5 Å². The first-order valence-electron chi connectivity index (χ1n) is 5.55. The topological polar surface area (TPSA) is 34.6 Å². The van der Waals surface area contributed by atoms with E-state index in [9.17, 15) is 0 Å². The summed E-state index contributed by atoms with van der Waals surface area (Å²) in [5.41, 5.74) is 1.02. The molecule has 0 saturated heterocycles. The van der Waals surface area contributed by atoms with Crippen LogP contribution in [-0.4, -0.2) is 45.5 Å². The minimum atomic E-state index is 0.490. The molecule has 0 aliphatic carbocycles. The van der Waals surface area contributed by atoms with Crippen molar-refractivity contribution in [1.29, 1.82) is 0 Å². The summed E-state index contributed by atoms with van der Waals surface area (Å²) in [4.78, 5) is 6.52. The highest BCUT2D eigenvalue weighted by Gasteiger charge is 2.07. The van der Waals surface area contributed by atoms with E-state index in [0.29, 0.717) is 19.1 Å². The van der Waals surface area contributed by atoms with Gasteiger partial charge in [0.05, 0.1) is 13.2 Å². The van der Waals surface area contributed by atoms with Gasteiger partial charge in [-0.3, -0.25) is 0 Å². The van der Waals surface area contributed by atoms with E-state index in [-0.39, 0.29) is 0 Å². The minimum absolute atomic E-state index is 0.490. The van der Waals surface area contributed by atoms with Gasteiger partial charge in [0.15, 0.2) is 0 Å². The summed E-state index contributed by atoms with van der Waals surface area (Å²) in [5, 5.41) is 0. The van der Waals surface area contributed by atoms with Gasteiger partial charge in [0.1, 0.15) is 5.82 Å². The predicted molar refractivity (Wildman–Crippen MR) is 69.8 cm³/mol. The van der Waals surface area contributed by atoms with Gasteiger partial charge >= 0.3 is 0 Å². The molecular formula is C12H19ClN2O2. The maximum absolute atomic E-state index is 5.73. The third-order valence-electron chi connectivity index (χ3n) is 2.42. The largest absolute Gasteiger partial charge is 0.383 e. The molecule has 96 valence electrons. The van der Waals surface area contributed by atoms with Crippen molar-refractivity contribution in [3.8, 4) is 0 Å². The number of aromatic nitrogens is 1. The van der Waals surface area contributed by atoms with Crippen LogP contribution >= 0.6 is 11.6 Å². The molecule has 0 atom stereocenters. The van der Waals surface area contributed by atoms with Crippen LogP contribution in [0.3, 0.4) is 0 Å². The molecular weight excluding hydrogens is 240 g/mol. The fraction of sp³-hybridized carbons (Fsp3) is 0.583. The molecule has 0 aromatic carbocycles. The number of rotatable bonds is 8. The molecule has 0 saturated carbocycles. The van der Waals surface area contributed by atoms with E-state index >= 15 is 0 Å². The molecule has 1 aromatic rings. The molecule has 0 radical (unpaired) electrons. The zero-order valence-electron chi connectivity index (χ0n) is 10.4. The van der Waals surface area contributed by atoms with Gasteiger partial charge < -0.3 is 14.4 Å². The highest BCUT2D eigenvalue weighted by atomic mass is 35.5. The van der Waals surface area contributed by atoms with Gasteiger partial charge in [-0.15, -0.1) is 11.6 Å². The molecule has 0 aliphatic heterocycles. The Hall–Kier alpha value is -0.840. The number of alkyl halides is 1. The quantitative estimate of drug-likeness (QED) is 0.668. The Labute approximate surface area is 107 Å². The van der Waals surface area contributed by atoms with Crippen LogP contribution in [0.5, 0.6) is 0 Å². The zero-order chi connectivity index (χ0) is 12.5. The van der Waals surface area contributed by atoms with Crippen molar-refractivity contribution in [2.24, 2.45) is 0 Å². The van der Waals surface area contributed by atoms with Crippen molar-refractivity contribution < 1.29 is 9.47 Å². The molecule has 0 spiro atoms. The van der Waals surface area contributed by atoms with Crippen molar-refractivity contribution >= 4 is 17.4 Å². The van der Waals surface area contributed by atoms with Crippen LogP contribution < -0.4 is 4.90 Å². The fourth-order valence-electron chi connectivity index (χ4n) is 1.43. The fourth-order valence-corrected chi connectivity index (χ4v) is 1.58. The van der Waals surface area contributed by atoms with Gasteiger partial charge in [-0.2, -0.15) is 0 Å². The predicted octanol–water partition coefficient (Wildman–Crippen LogP) is 1.92. The number of hydrogen-bond donors (Lipinski definition) is 0. The van der Waals surface area contributed by atoms with Gasteiger partial charge in [-0.1, -0.05) is 6.07 Å². The normalized spacial score (nSPS) is 10.5. The number of nitrogens with zero attached hydrogens (tertiary/aromatic N) is 2. The van der Waals surface area contributed by atoms with E-state index in [1.807, 2.05) is 12.1 Å². The van der Waals surface area contributed by atoms with Gasteiger partial charge in [-0.05, 0) is 11.6 Å². The Morgan fingerprint density at radius 2 is 1.82 bits per heavy atom. The summed E-state index contributed by atoms with van der Waals surface area (Å²) < 4.78 is 10.2. The number of methoxy groups -OCH3 is 2. The molecule has 0 amide bonds. The number of halogens is 1. The lowest BCUT2D eigenvalue weighted by Gasteiger charge is -2.23.